The number of anilines is 1. The van der Waals surface area contributed by atoms with Crippen molar-refractivity contribution in [2.24, 2.45) is 0 Å². The van der Waals surface area contributed by atoms with Crippen LogP contribution in [0, 0.1) is 0 Å². The van der Waals surface area contributed by atoms with Gasteiger partial charge in [-0.05, 0) is 37.1 Å². The summed E-state index contributed by atoms with van der Waals surface area (Å²) in [6, 6.07) is 14.7. The van der Waals surface area contributed by atoms with E-state index in [4.69, 9.17) is 9.47 Å². The van der Waals surface area contributed by atoms with Crippen molar-refractivity contribution in [1.29, 1.82) is 0 Å². The number of urea groups is 1. The minimum atomic E-state index is -0.470. The number of amides is 2. The van der Waals surface area contributed by atoms with Crippen LogP contribution in [0.4, 0.5) is 10.5 Å². The van der Waals surface area contributed by atoms with Gasteiger partial charge in [0.1, 0.15) is 5.75 Å². The zero-order valence-electron chi connectivity index (χ0n) is 16.9. The van der Waals surface area contributed by atoms with Gasteiger partial charge < -0.3 is 19.8 Å². The van der Waals surface area contributed by atoms with Gasteiger partial charge in [0.05, 0.1) is 30.7 Å². The predicted octanol–water partition coefficient (Wildman–Crippen LogP) is 4.17. The molecule has 30 heavy (non-hydrogen) atoms. The third kappa shape index (κ3) is 3.61. The van der Waals surface area contributed by atoms with E-state index in [1.807, 2.05) is 36.4 Å². The molecule has 2 aromatic carbocycles. The third-order valence-electron chi connectivity index (χ3n) is 5.08. The van der Waals surface area contributed by atoms with Gasteiger partial charge in [-0.15, -0.1) is 0 Å². The first-order valence-electron chi connectivity index (χ1n) is 9.82. The number of para-hydroxylation sites is 3. The second-order valence-corrected chi connectivity index (χ2v) is 6.86. The monoisotopic (exact) mass is 405 g/mol. The summed E-state index contributed by atoms with van der Waals surface area (Å²) in [5.74, 6) is 0.0915. The number of benzene rings is 2. The van der Waals surface area contributed by atoms with Crippen LogP contribution in [0.1, 0.15) is 18.2 Å². The van der Waals surface area contributed by atoms with E-state index in [0.717, 1.165) is 16.5 Å². The van der Waals surface area contributed by atoms with Crippen molar-refractivity contribution in [1.82, 2.24) is 9.88 Å². The molecule has 0 bridgehead atoms. The normalized spacial score (nSPS) is 13.3. The van der Waals surface area contributed by atoms with Gasteiger partial charge in [-0.1, -0.05) is 30.3 Å². The van der Waals surface area contributed by atoms with Crippen molar-refractivity contribution in [2.45, 2.75) is 13.3 Å². The molecule has 0 saturated heterocycles. The molecule has 3 aromatic rings. The third-order valence-corrected chi connectivity index (χ3v) is 5.08. The molecule has 2 N–H and O–H groups in total. The molecule has 0 unspecified atom stereocenters. The molecule has 0 fully saturated rings. The Kier molecular flexibility index (Phi) is 5.43. The molecule has 2 amide bonds. The lowest BCUT2D eigenvalue weighted by molar-refractivity contribution is -0.136. The number of nitrogens with one attached hydrogen (secondary N) is 2. The summed E-state index contributed by atoms with van der Waals surface area (Å²) < 4.78 is 10.6. The second kappa shape index (κ2) is 8.32. The minimum Gasteiger partial charge on any atom is -0.495 e. The second-order valence-electron chi connectivity index (χ2n) is 6.86. The minimum absolute atomic E-state index is 0.249. The van der Waals surface area contributed by atoms with Gasteiger partial charge in [0.15, 0.2) is 0 Å². The Balaban J connectivity index is 1.71. The van der Waals surface area contributed by atoms with Crippen LogP contribution in [0.3, 0.4) is 0 Å². The molecule has 0 radical (unpaired) electrons. The molecule has 1 aromatic heterocycles. The number of rotatable bonds is 4. The van der Waals surface area contributed by atoms with Gasteiger partial charge in [-0.3, -0.25) is 4.90 Å². The zero-order chi connectivity index (χ0) is 21.1. The average molecular weight is 405 g/mol. The van der Waals surface area contributed by atoms with E-state index in [1.165, 1.54) is 4.90 Å². The Hall–Kier alpha value is -3.74. The van der Waals surface area contributed by atoms with E-state index in [0.29, 0.717) is 35.7 Å². The van der Waals surface area contributed by atoms with Crippen LogP contribution in [-0.4, -0.2) is 42.1 Å². The van der Waals surface area contributed by atoms with Crippen LogP contribution in [-0.2, 0) is 16.0 Å². The van der Waals surface area contributed by atoms with Crippen molar-refractivity contribution in [3.63, 3.8) is 0 Å². The smallest absolute Gasteiger partial charge is 0.341 e. The molecule has 0 saturated carbocycles. The fourth-order valence-corrected chi connectivity index (χ4v) is 3.67. The van der Waals surface area contributed by atoms with E-state index >= 15 is 0 Å². The first kappa shape index (κ1) is 19.6. The lowest BCUT2D eigenvalue weighted by Gasteiger charge is -2.19. The number of aromatic amines is 1. The maximum atomic E-state index is 13.0. The fourth-order valence-electron chi connectivity index (χ4n) is 3.67. The van der Waals surface area contributed by atoms with Crippen molar-refractivity contribution < 1.29 is 19.1 Å². The van der Waals surface area contributed by atoms with E-state index in [-0.39, 0.29) is 12.6 Å². The number of ether oxygens (including phenoxy) is 2. The number of aromatic nitrogens is 1. The Labute approximate surface area is 174 Å². The standard InChI is InChI=1S/C23H23N3O4/c1-3-30-22(27)17-14-26(23(28)25-19-10-6-7-11-20(19)29-2)13-12-16-15-8-4-5-9-18(15)24-21(16)17/h4-11,14,24H,3,12-13H2,1-2H3,(H,25,28). The van der Waals surface area contributed by atoms with Crippen molar-refractivity contribution in [3.05, 3.63) is 66.0 Å². The number of nitrogens with zero attached hydrogens (tertiary/aromatic N) is 1. The van der Waals surface area contributed by atoms with E-state index in [9.17, 15) is 9.59 Å². The molecule has 0 atom stereocenters. The molecule has 154 valence electrons. The zero-order valence-corrected chi connectivity index (χ0v) is 16.9. The van der Waals surface area contributed by atoms with E-state index in [2.05, 4.69) is 10.3 Å². The van der Waals surface area contributed by atoms with Gasteiger partial charge in [0.2, 0.25) is 0 Å². The number of esters is 1. The van der Waals surface area contributed by atoms with Crippen LogP contribution < -0.4 is 10.1 Å². The molecule has 4 rings (SSSR count). The fraction of sp³-hybridized carbons (Fsp3) is 0.217. The highest BCUT2D eigenvalue weighted by Gasteiger charge is 2.27. The summed E-state index contributed by atoms with van der Waals surface area (Å²) in [6.07, 6.45) is 2.15. The van der Waals surface area contributed by atoms with E-state index in [1.54, 1.807) is 32.4 Å². The molecule has 1 aliphatic heterocycles. The van der Waals surface area contributed by atoms with Gasteiger partial charge in [0.25, 0.3) is 0 Å². The van der Waals surface area contributed by atoms with Crippen LogP contribution in [0.15, 0.2) is 54.7 Å². The largest absolute Gasteiger partial charge is 0.495 e. The van der Waals surface area contributed by atoms with Gasteiger partial charge >= 0.3 is 12.0 Å². The highest BCUT2D eigenvalue weighted by molar-refractivity contribution is 6.18. The van der Waals surface area contributed by atoms with Crippen molar-refractivity contribution >= 4 is 34.2 Å². The number of carbonyl (C=O) groups is 2. The quantitative estimate of drug-likeness (QED) is 0.638. The number of hydrogen-bond acceptors (Lipinski definition) is 4. The van der Waals surface area contributed by atoms with Crippen molar-refractivity contribution in [2.75, 3.05) is 25.6 Å². The summed E-state index contributed by atoms with van der Waals surface area (Å²) in [6.45, 7) is 2.42. The predicted molar refractivity (Wildman–Crippen MR) is 115 cm³/mol. The van der Waals surface area contributed by atoms with Crippen molar-refractivity contribution in [3.8, 4) is 5.75 Å². The maximum Gasteiger partial charge on any atom is 0.341 e. The number of fused-ring (bicyclic) bond motifs is 3. The average Bonchev–Trinajstić information content (AvgIpc) is 3.01. The topological polar surface area (TPSA) is 83.7 Å². The first-order chi connectivity index (χ1) is 14.6. The Morgan fingerprint density at radius 2 is 1.90 bits per heavy atom. The molecule has 0 aliphatic carbocycles. The lowest BCUT2D eigenvalue weighted by atomic mass is 10.0. The van der Waals surface area contributed by atoms with Crippen LogP contribution >= 0.6 is 0 Å². The molecule has 1 aliphatic rings. The number of methoxy groups -OCH3 is 1. The SMILES string of the molecule is CCOC(=O)C1=CN(C(=O)Nc2ccccc2OC)CCc2c1[nH]c1ccccc21. The molecular formula is C23H23N3O4. The molecule has 7 nitrogen and oxygen atoms in total. The van der Waals surface area contributed by atoms with Crippen LogP contribution in [0.2, 0.25) is 0 Å². The van der Waals surface area contributed by atoms with Crippen LogP contribution in [0.5, 0.6) is 5.75 Å². The number of H-pyrrole nitrogens is 1. The first-order valence-corrected chi connectivity index (χ1v) is 9.82. The van der Waals surface area contributed by atoms with Crippen LogP contribution in [0.25, 0.3) is 16.5 Å². The summed E-state index contributed by atoms with van der Waals surface area (Å²) in [4.78, 5) is 30.6. The van der Waals surface area contributed by atoms with Gasteiger partial charge in [-0.2, -0.15) is 0 Å². The van der Waals surface area contributed by atoms with Gasteiger partial charge in [0, 0.05) is 23.6 Å². The summed E-state index contributed by atoms with van der Waals surface area (Å²) in [7, 11) is 1.55. The molecular weight excluding hydrogens is 382 g/mol. The highest BCUT2D eigenvalue weighted by Crippen LogP contribution is 2.32. The molecule has 0 spiro atoms. The Morgan fingerprint density at radius 3 is 2.70 bits per heavy atom. The molecule has 2 heterocycles. The molecule has 7 heteroatoms. The maximum absolute atomic E-state index is 13.0. The summed E-state index contributed by atoms with van der Waals surface area (Å²) >= 11 is 0. The number of carbonyl (C=O) groups excluding carboxylic acids is 2. The number of hydrogen-bond donors (Lipinski definition) is 2. The van der Waals surface area contributed by atoms with E-state index < -0.39 is 5.97 Å². The summed E-state index contributed by atoms with van der Waals surface area (Å²) in [5, 5.41) is 3.90. The summed E-state index contributed by atoms with van der Waals surface area (Å²) in [5.41, 5.74) is 3.53. The highest BCUT2D eigenvalue weighted by atomic mass is 16.5. The Bertz CT molecular complexity index is 1130. The lowest BCUT2D eigenvalue weighted by Crippen LogP contribution is -2.32. The van der Waals surface area contributed by atoms with Gasteiger partial charge in [-0.25, -0.2) is 9.59 Å². The Morgan fingerprint density at radius 1 is 1.13 bits per heavy atom.